The summed E-state index contributed by atoms with van der Waals surface area (Å²) in [6.07, 6.45) is 18.6. The van der Waals surface area contributed by atoms with Gasteiger partial charge in [-0.3, -0.25) is 0 Å². The molecule has 1 rings (SSSR count). The summed E-state index contributed by atoms with van der Waals surface area (Å²) in [5.74, 6) is 0.217. The first-order valence-corrected chi connectivity index (χ1v) is 9.66. The van der Waals surface area contributed by atoms with Crippen molar-refractivity contribution in [2.24, 2.45) is 0 Å². The summed E-state index contributed by atoms with van der Waals surface area (Å²) in [6.45, 7) is 5.24. The minimum atomic E-state index is -0.981. The summed E-state index contributed by atoms with van der Waals surface area (Å²) < 4.78 is 0. The molecule has 0 radical (unpaired) electrons. The van der Waals surface area contributed by atoms with Gasteiger partial charge in [-0.2, -0.15) is 0 Å². The Morgan fingerprint density at radius 3 is 2.13 bits per heavy atom. The largest absolute Gasteiger partial charge is 0.478 e. The van der Waals surface area contributed by atoms with Crippen molar-refractivity contribution in [1.82, 2.24) is 9.97 Å². The van der Waals surface area contributed by atoms with Gasteiger partial charge in [0.25, 0.3) is 0 Å². The molecule has 1 aromatic rings. The molecule has 23 heavy (non-hydrogen) atoms. The van der Waals surface area contributed by atoms with E-state index in [-0.39, 0.29) is 0 Å². The lowest BCUT2D eigenvalue weighted by molar-refractivity contribution is -0.131. The fraction of sp³-hybridized carbons (Fsp3) is 0.667. The lowest BCUT2D eigenvalue weighted by atomic mass is 10.1. The Labute approximate surface area is 145 Å². The molecule has 5 heteroatoms. The van der Waals surface area contributed by atoms with Gasteiger partial charge in [0.2, 0.25) is 0 Å². The molecule has 0 amide bonds. The van der Waals surface area contributed by atoms with E-state index in [9.17, 15) is 4.79 Å². The minimum Gasteiger partial charge on any atom is -0.478 e. The fourth-order valence-electron chi connectivity index (χ4n) is 2.09. The van der Waals surface area contributed by atoms with Gasteiger partial charge in [-0.15, -0.1) is 0 Å². The van der Waals surface area contributed by atoms with Crippen LogP contribution < -0.4 is 0 Å². The van der Waals surface area contributed by atoms with E-state index >= 15 is 0 Å². The third-order valence-corrected chi connectivity index (χ3v) is 4.37. The maximum atomic E-state index is 9.25. The van der Waals surface area contributed by atoms with E-state index in [0.29, 0.717) is 0 Å². The molecule has 0 aromatic carbocycles. The molecule has 0 aliphatic heterocycles. The number of unbranched alkanes of at least 4 members (excludes halogenated alkanes) is 9. The number of thioether (sulfide) groups is 1. The molecular weight excluding hydrogens is 308 g/mol. The molecule has 0 spiro atoms. The Balaban J connectivity index is 0.000000841. The van der Waals surface area contributed by atoms with Gasteiger partial charge in [-0.25, -0.2) is 9.78 Å². The van der Waals surface area contributed by atoms with E-state index in [1.807, 2.05) is 24.2 Å². The standard InChI is InChI=1S/C15H28N2S.C3H4O2/c1-2-3-4-5-6-7-8-9-10-11-14-18-15-16-12-13-17-15;1-2-3(4)5/h12-13H,2-11,14H2,1H3,(H,16,17);2H,1H2,(H,4,5). The second-order valence-electron chi connectivity index (χ2n) is 5.47. The zero-order valence-electron chi connectivity index (χ0n) is 14.4. The number of nitrogens with one attached hydrogen (secondary N) is 1. The number of rotatable bonds is 13. The van der Waals surface area contributed by atoms with E-state index in [0.717, 1.165) is 11.2 Å². The molecule has 1 aromatic heterocycles. The van der Waals surface area contributed by atoms with Crippen molar-refractivity contribution in [2.45, 2.75) is 76.3 Å². The summed E-state index contributed by atoms with van der Waals surface area (Å²) in [4.78, 5) is 16.6. The van der Waals surface area contributed by atoms with Crippen LogP contribution in [0.3, 0.4) is 0 Å². The van der Waals surface area contributed by atoms with Gasteiger partial charge < -0.3 is 10.1 Å². The predicted molar refractivity (Wildman–Crippen MR) is 99.0 cm³/mol. The van der Waals surface area contributed by atoms with Crippen LogP contribution in [0.1, 0.15) is 71.1 Å². The number of carbonyl (C=O) groups is 1. The average molecular weight is 341 g/mol. The molecule has 0 bridgehead atoms. The first-order chi connectivity index (χ1) is 11.2. The lowest BCUT2D eigenvalue weighted by Gasteiger charge is -2.01. The highest BCUT2D eigenvalue weighted by Gasteiger charge is 1.96. The Bertz CT molecular complexity index is 380. The van der Waals surface area contributed by atoms with Crippen molar-refractivity contribution in [2.75, 3.05) is 5.75 Å². The van der Waals surface area contributed by atoms with Crippen LogP contribution in [0.5, 0.6) is 0 Å². The van der Waals surface area contributed by atoms with Crippen LogP contribution in [-0.2, 0) is 4.79 Å². The molecule has 0 aliphatic carbocycles. The lowest BCUT2D eigenvalue weighted by Crippen LogP contribution is -1.84. The number of imidazole rings is 1. The molecule has 0 saturated carbocycles. The number of hydrogen-bond donors (Lipinski definition) is 2. The molecule has 0 fully saturated rings. The predicted octanol–water partition coefficient (Wildman–Crippen LogP) is 5.68. The Kier molecular flexibility index (Phi) is 16.2. The van der Waals surface area contributed by atoms with Gasteiger partial charge in [0.1, 0.15) is 0 Å². The topological polar surface area (TPSA) is 66.0 Å². The number of hydrogen-bond acceptors (Lipinski definition) is 3. The van der Waals surface area contributed by atoms with Gasteiger partial charge in [0, 0.05) is 24.2 Å². The van der Waals surface area contributed by atoms with Crippen molar-refractivity contribution >= 4 is 17.7 Å². The highest BCUT2D eigenvalue weighted by Crippen LogP contribution is 2.16. The van der Waals surface area contributed by atoms with Crippen LogP contribution in [0, 0.1) is 0 Å². The third-order valence-electron chi connectivity index (χ3n) is 3.38. The SMILES string of the molecule is C=CC(=O)O.CCCCCCCCCCCCSc1ncc[nH]1. The number of carboxylic acid groups (broad SMARTS) is 1. The molecule has 0 unspecified atom stereocenters. The van der Waals surface area contributed by atoms with Crippen molar-refractivity contribution in [1.29, 1.82) is 0 Å². The van der Waals surface area contributed by atoms with Crippen LogP contribution in [0.2, 0.25) is 0 Å². The van der Waals surface area contributed by atoms with Crippen LogP contribution in [0.25, 0.3) is 0 Å². The number of H-pyrrole nitrogens is 1. The first-order valence-electron chi connectivity index (χ1n) is 8.68. The van der Waals surface area contributed by atoms with Crippen LogP contribution in [-0.4, -0.2) is 26.8 Å². The van der Waals surface area contributed by atoms with E-state index in [1.165, 1.54) is 70.0 Å². The summed E-state index contributed by atoms with van der Waals surface area (Å²) in [5, 5.41) is 8.67. The normalized spacial score (nSPS) is 9.96. The van der Waals surface area contributed by atoms with E-state index < -0.39 is 5.97 Å². The van der Waals surface area contributed by atoms with Crippen molar-refractivity contribution in [3.63, 3.8) is 0 Å². The molecule has 1 heterocycles. The van der Waals surface area contributed by atoms with Gasteiger partial charge in [0.05, 0.1) is 0 Å². The summed E-state index contributed by atoms with van der Waals surface area (Å²) in [6, 6.07) is 0. The first kappa shape index (κ1) is 21.8. The number of aromatic nitrogens is 2. The van der Waals surface area contributed by atoms with E-state index in [1.54, 1.807) is 0 Å². The summed E-state index contributed by atoms with van der Waals surface area (Å²) in [7, 11) is 0. The van der Waals surface area contributed by atoms with E-state index in [4.69, 9.17) is 5.11 Å². The van der Waals surface area contributed by atoms with Gasteiger partial charge in [-0.1, -0.05) is 83.1 Å². The van der Waals surface area contributed by atoms with Crippen molar-refractivity contribution in [3.8, 4) is 0 Å². The second kappa shape index (κ2) is 17.1. The van der Waals surface area contributed by atoms with Gasteiger partial charge in [-0.05, 0) is 6.42 Å². The number of carboxylic acids is 1. The third kappa shape index (κ3) is 17.0. The maximum Gasteiger partial charge on any atom is 0.327 e. The van der Waals surface area contributed by atoms with Crippen LogP contribution >= 0.6 is 11.8 Å². The highest BCUT2D eigenvalue weighted by molar-refractivity contribution is 7.99. The van der Waals surface area contributed by atoms with E-state index in [2.05, 4.69) is 23.5 Å². The Morgan fingerprint density at radius 1 is 1.17 bits per heavy atom. The molecule has 2 N–H and O–H groups in total. The number of nitrogens with zero attached hydrogens (tertiary/aromatic N) is 1. The quantitative estimate of drug-likeness (QED) is 0.275. The summed E-state index contributed by atoms with van der Waals surface area (Å²) >= 11 is 1.84. The zero-order valence-corrected chi connectivity index (χ0v) is 15.2. The molecule has 4 nitrogen and oxygen atoms in total. The molecule has 0 atom stereocenters. The summed E-state index contributed by atoms with van der Waals surface area (Å²) in [5.41, 5.74) is 0. The maximum absolute atomic E-state index is 9.25. The zero-order chi connectivity index (χ0) is 17.2. The molecular formula is C18H32N2O2S. The van der Waals surface area contributed by atoms with Gasteiger partial charge >= 0.3 is 5.97 Å². The smallest absolute Gasteiger partial charge is 0.327 e. The number of aromatic amines is 1. The number of aliphatic carboxylic acids is 1. The van der Waals surface area contributed by atoms with Crippen LogP contribution in [0.15, 0.2) is 30.2 Å². The highest BCUT2D eigenvalue weighted by atomic mass is 32.2. The van der Waals surface area contributed by atoms with Crippen molar-refractivity contribution in [3.05, 3.63) is 25.0 Å². The average Bonchev–Trinajstić information content (AvgIpc) is 3.06. The Hall–Kier alpha value is -1.23. The molecule has 0 aliphatic rings. The van der Waals surface area contributed by atoms with Crippen LogP contribution in [0.4, 0.5) is 0 Å². The monoisotopic (exact) mass is 340 g/mol. The molecule has 132 valence electrons. The van der Waals surface area contributed by atoms with Gasteiger partial charge in [0.15, 0.2) is 5.16 Å². The molecule has 0 saturated heterocycles. The second-order valence-corrected chi connectivity index (χ2v) is 6.55. The minimum absolute atomic E-state index is 0.833. The Morgan fingerprint density at radius 2 is 1.70 bits per heavy atom. The fourth-order valence-corrected chi connectivity index (χ4v) is 2.92. The van der Waals surface area contributed by atoms with Crippen molar-refractivity contribution < 1.29 is 9.90 Å².